The average molecular weight is 388 g/mol. The van der Waals surface area contributed by atoms with Gasteiger partial charge in [-0.25, -0.2) is 0 Å². The van der Waals surface area contributed by atoms with Crippen molar-refractivity contribution in [2.75, 3.05) is 32.8 Å². The number of hydrogen-bond acceptors (Lipinski definition) is 4. The molecule has 2 aliphatic rings. The summed E-state index contributed by atoms with van der Waals surface area (Å²) in [6, 6.07) is 12.2. The van der Waals surface area contributed by atoms with E-state index in [2.05, 4.69) is 21.8 Å². The maximum atomic E-state index is 12.6. The number of hydrogen-bond donors (Lipinski definition) is 0. The highest BCUT2D eigenvalue weighted by molar-refractivity contribution is 5.94. The summed E-state index contributed by atoms with van der Waals surface area (Å²) in [5.41, 5.74) is 3.01. The Morgan fingerprint density at radius 1 is 1.07 bits per heavy atom. The van der Waals surface area contributed by atoms with E-state index in [4.69, 9.17) is 4.74 Å². The zero-order valence-electron chi connectivity index (χ0n) is 15.4. The molecule has 0 aliphatic carbocycles. The van der Waals surface area contributed by atoms with Crippen molar-refractivity contribution < 1.29 is 23.0 Å². The van der Waals surface area contributed by atoms with Gasteiger partial charge in [0.05, 0.1) is 6.61 Å². The maximum absolute atomic E-state index is 12.6. The van der Waals surface area contributed by atoms with E-state index in [0.717, 1.165) is 38.4 Å². The highest BCUT2D eigenvalue weighted by Gasteiger charge is 2.23. The molecule has 0 spiro atoms. The fourth-order valence-corrected chi connectivity index (χ4v) is 3.67. The zero-order valence-corrected chi connectivity index (χ0v) is 15.4. The second-order valence-corrected chi connectivity index (χ2v) is 7.01. The molecule has 0 bridgehead atoms. The van der Waals surface area contributed by atoms with Gasteiger partial charge in [-0.1, -0.05) is 12.1 Å². The molecule has 0 N–H and O–H groups in total. The van der Waals surface area contributed by atoms with Crippen molar-refractivity contribution in [2.45, 2.75) is 19.6 Å². The number of rotatable bonds is 5. The summed E-state index contributed by atoms with van der Waals surface area (Å²) in [6.45, 7) is 1.62. The molecule has 28 heavy (non-hydrogen) atoms. The molecule has 1 saturated heterocycles. The van der Waals surface area contributed by atoms with Crippen LogP contribution in [0.2, 0.25) is 0 Å². The standard InChI is InChI=1S/C21H22F2N2O3/c22-21(23)28-18-4-2-16(3-5-18)20(26)25-10-8-24(9-11-25)14-15-1-6-19-17(13-15)7-12-27-19/h1-6,13,21H,7-12,14H2. The second kappa shape index (κ2) is 8.14. The number of halogens is 2. The average Bonchev–Trinajstić information content (AvgIpc) is 3.16. The number of benzene rings is 2. The summed E-state index contributed by atoms with van der Waals surface area (Å²) < 4.78 is 34.3. The number of carbonyl (C=O) groups excluding carboxylic acids is 1. The van der Waals surface area contributed by atoms with Gasteiger partial charge in [0.15, 0.2) is 0 Å². The molecule has 5 nitrogen and oxygen atoms in total. The lowest BCUT2D eigenvalue weighted by molar-refractivity contribution is -0.0498. The first-order chi connectivity index (χ1) is 13.6. The number of carbonyl (C=O) groups is 1. The van der Waals surface area contributed by atoms with Crippen LogP contribution in [0, 0.1) is 0 Å². The minimum atomic E-state index is -2.87. The smallest absolute Gasteiger partial charge is 0.387 e. The first kappa shape index (κ1) is 18.7. The van der Waals surface area contributed by atoms with E-state index in [-0.39, 0.29) is 11.7 Å². The highest BCUT2D eigenvalue weighted by Crippen LogP contribution is 2.26. The van der Waals surface area contributed by atoms with E-state index >= 15 is 0 Å². The molecule has 1 amide bonds. The summed E-state index contributed by atoms with van der Waals surface area (Å²) >= 11 is 0. The van der Waals surface area contributed by atoms with Crippen LogP contribution in [0.4, 0.5) is 8.78 Å². The topological polar surface area (TPSA) is 42.0 Å². The monoisotopic (exact) mass is 388 g/mol. The number of piperazine rings is 1. The Kier molecular flexibility index (Phi) is 5.43. The van der Waals surface area contributed by atoms with Gasteiger partial charge in [-0.05, 0) is 41.5 Å². The van der Waals surface area contributed by atoms with Gasteiger partial charge in [0, 0.05) is 44.7 Å². The molecule has 0 unspecified atom stereocenters. The van der Waals surface area contributed by atoms with Gasteiger partial charge in [-0.2, -0.15) is 8.78 Å². The Morgan fingerprint density at radius 2 is 1.82 bits per heavy atom. The molecule has 7 heteroatoms. The third-order valence-corrected chi connectivity index (χ3v) is 5.15. The van der Waals surface area contributed by atoms with E-state index in [0.29, 0.717) is 18.7 Å². The first-order valence-electron chi connectivity index (χ1n) is 9.39. The molecular weight excluding hydrogens is 366 g/mol. The van der Waals surface area contributed by atoms with Crippen molar-refractivity contribution in [3.05, 3.63) is 59.2 Å². The van der Waals surface area contributed by atoms with Crippen LogP contribution in [0.1, 0.15) is 21.5 Å². The second-order valence-electron chi connectivity index (χ2n) is 7.01. The van der Waals surface area contributed by atoms with Gasteiger partial charge in [-0.3, -0.25) is 9.69 Å². The minimum absolute atomic E-state index is 0.0520. The van der Waals surface area contributed by atoms with Crippen molar-refractivity contribution in [3.63, 3.8) is 0 Å². The Balaban J connectivity index is 1.30. The Bertz CT molecular complexity index is 834. The molecule has 0 radical (unpaired) electrons. The van der Waals surface area contributed by atoms with E-state index in [1.165, 1.54) is 35.4 Å². The minimum Gasteiger partial charge on any atom is -0.493 e. The van der Waals surface area contributed by atoms with Crippen LogP contribution in [0.3, 0.4) is 0 Å². The van der Waals surface area contributed by atoms with Gasteiger partial charge in [-0.15, -0.1) is 0 Å². The Labute approximate surface area is 162 Å². The zero-order chi connectivity index (χ0) is 19.5. The molecule has 1 fully saturated rings. The first-order valence-corrected chi connectivity index (χ1v) is 9.39. The largest absolute Gasteiger partial charge is 0.493 e. The molecule has 0 atom stereocenters. The lowest BCUT2D eigenvalue weighted by Gasteiger charge is -2.34. The summed E-state index contributed by atoms with van der Waals surface area (Å²) in [7, 11) is 0. The fourth-order valence-electron chi connectivity index (χ4n) is 3.67. The Hall–Kier alpha value is -2.67. The van der Waals surface area contributed by atoms with Crippen LogP contribution in [0.15, 0.2) is 42.5 Å². The fraction of sp³-hybridized carbons (Fsp3) is 0.381. The molecule has 2 aromatic rings. The van der Waals surface area contributed by atoms with E-state index in [9.17, 15) is 13.6 Å². The molecule has 0 saturated carbocycles. The maximum Gasteiger partial charge on any atom is 0.387 e. The van der Waals surface area contributed by atoms with Crippen LogP contribution in [0.5, 0.6) is 11.5 Å². The van der Waals surface area contributed by atoms with Crippen molar-refractivity contribution in [3.8, 4) is 11.5 Å². The van der Waals surface area contributed by atoms with Crippen molar-refractivity contribution in [1.29, 1.82) is 0 Å². The summed E-state index contributed by atoms with van der Waals surface area (Å²) in [4.78, 5) is 16.8. The van der Waals surface area contributed by atoms with Crippen molar-refractivity contribution >= 4 is 5.91 Å². The van der Waals surface area contributed by atoms with Gasteiger partial charge < -0.3 is 14.4 Å². The van der Waals surface area contributed by atoms with E-state index < -0.39 is 6.61 Å². The van der Waals surface area contributed by atoms with Crippen molar-refractivity contribution in [2.24, 2.45) is 0 Å². The summed E-state index contributed by atoms with van der Waals surface area (Å²) in [5, 5.41) is 0. The van der Waals surface area contributed by atoms with Gasteiger partial charge in [0.2, 0.25) is 0 Å². The number of fused-ring (bicyclic) bond motifs is 1. The molecule has 2 aromatic carbocycles. The summed E-state index contributed by atoms with van der Waals surface area (Å²) in [6.07, 6.45) is 0.965. The third-order valence-electron chi connectivity index (χ3n) is 5.15. The van der Waals surface area contributed by atoms with Crippen LogP contribution in [-0.4, -0.2) is 55.1 Å². The van der Waals surface area contributed by atoms with Crippen LogP contribution in [-0.2, 0) is 13.0 Å². The predicted octanol–water partition coefficient (Wildman–Crippen LogP) is 3.18. The van der Waals surface area contributed by atoms with Crippen molar-refractivity contribution in [1.82, 2.24) is 9.80 Å². The summed E-state index contributed by atoms with van der Waals surface area (Å²) in [5.74, 6) is 0.957. The van der Waals surface area contributed by atoms with Crippen LogP contribution < -0.4 is 9.47 Å². The van der Waals surface area contributed by atoms with Crippen LogP contribution >= 0.6 is 0 Å². The van der Waals surface area contributed by atoms with Gasteiger partial charge >= 0.3 is 6.61 Å². The molecular formula is C21H22F2N2O3. The quantitative estimate of drug-likeness (QED) is 0.789. The molecule has 2 aliphatic heterocycles. The highest BCUT2D eigenvalue weighted by atomic mass is 19.3. The van der Waals surface area contributed by atoms with Gasteiger partial charge in [0.1, 0.15) is 11.5 Å². The number of amides is 1. The third kappa shape index (κ3) is 4.25. The predicted molar refractivity (Wildman–Crippen MR) is 99.9 cm³/mol. The lowest BCUT2D eigenvalue weighted by atomic mass is 10.1. The molecule has 148 valence electrons. The van der Waals surface area contributed by atoms with Gasteiger partial charge in [0.25, 0.3) is 5.91 Å². The van der Waals surface area contributed by atoms with Crippen LogP contribution in [0.25, 0.3) is 0 Å². The number of alkyl halides is 2. The van der Waals surface area contributed by atoms with E-state index in [1.54, 1.807) is 4.90 Å². The van der Waals surface area contributed by atoms with E-state index in [1.807, 2.05) is 6.07 Å². The molecule has 2 heterocycles. The lowest BCUT2D eigenvalue weighted by Crippen LogP contribution is -2.48. The SMILES string of the molecule is O=C(c1ccc(OC(F)F)cc1)N1CCN(Cc2ccc3c(c2)CCO3)CC1. The number of ether oxygens (including phenoxy) is 2. The Morgan fingerprint density at radius 3 is 2.54 bits per heavy atom. The normalized spacial score (nSPS) is 16.8. The number of nitrogens with zero attached hydrogens (tertiary/aromatic N) is 2. The molecule has 4 rings (SSSR count). The molecule has 0 aromatic heterocycles.